The molecule has 0 saturated heterocycles. The third-order valence-electron chi connectivity index (χ3n) is 7.98. The first-order valence-corrected chi connectivity index (χ1v) is 19.7. The van der Waals surface area contributed by atoms with Crippen LogP contribution in [0.25, 0.3) is 0 Å². The van der Waals surface area contributed by atoms with E-state index < -0.39 is 19.5 Å². The first-order chi connectivity index (χ1) is 24.6. The number of hydrogen-bond donors (Lipinski definition) is 0. The van der Waals surface area contributed by atoms with E-state index in [-0.39, 0.29) is 0 Å². The first kappa shape index (κ1) is 37.7. The molecule has 0 N–H and O–H groups in total. The molecule has 0 aliphatic carbocycles. The van der Waals surface area contributed by atoms with Crippen molar-refractivity contribution in [1.29, 1.82) is 0 Å². The Morgan fingerprint density at radius 3 is 0.840 bits per heavy atom. The predicted octanol–water partition coefficient (Wildman–Crippen LogP) is 6.87. The second-order valence-electron chi connectivity index (χ2n) is 12.2. The van der Waals surface area contributed by atoms with Crippen molar-refractivity contribution in [3.8, 4) is 35.5 Å². The molecule has 0 radical (unpaired) electrons. The van der Waals surface area contributed by atoms with Crippen molar-refractivity contribution >= 4 is 29.9 Å². The molecule has 4 rings (SSSR count). The molecule has 0 bridgehead atoms. The lowest BCUT2D eigenvalue weighted by Crippen LogP contribution is -2.20. The Hall–Kier alpha value is -5.13. The van der Waals surface area contributed by atoms with Crippen molar-refractivity contribution in [3.05, 3.63) is 181 Å². The van der Waals surface area contributed by atoms with Crippen LogP contribution < -0.4 is 10.4 Å². The van der Waals surface area contributed by atoms with Gasteiger partial charge in [-0.1, -0.05) is 84.1 Å². The van der Waals surface area contributed by atoms with E-state index in [0.717, 1.165) is 72.3 Å². The average Bonchev–Trinajstić information content (AvgIpc) is 3.14. The monoisotopic (exact) mass is 686 g/mol. The highest BCUT2D eigenvalue weighted by Gasteiger charge is 2.06. The van der Waals surface area contributed by atoms with Crippen LogP contribution in [0.1, 0.15) is 59.1 Å². The van der Waals surface area contributed by atoms with Gasteiger partial charge in [0.15, 0.2) is 19.5 Å². The van der Waals surface area contributed by atoms with Crippen LogP contribution in [0.3, 0.4) is 0 Å². The number of allylic oxidation sites excluding steroid dienone is 4. The number of hydrogen-bond acceptors (Lipinski definition) is 2. The summed E-state index contributed by atoms with van der Waals surface area (Å²) in [4.78, 5) is 0. The Kier molecular flexibility index (Phi) is 16.4. The van der Waals surface area contributed by atoms with Gasteiger partial charge in [0.05, 0.1) is 0 Å². The zero-order valence-electron chi connectivity index (χ0n) is 29.0. The lowest BCUT2D eigenvalue weighted by Gasteiger charge is -2.13. The van der Waals surface area contributed by atoms with Gasteiger partial charge in [0, 0.05) is 46.6 Å². The first-order valence-electron chi connectivity index (χ1n) is 17.1. The van der Waals surface area contributed by atoms with E-state index in [1.54, 1.807) is 0 Å². The van der Waals surface area contributed by atoms with Gasteiger partial charge in [-0.05, 0) is 121 Å². The molecule has 0 fully saturated rings. The lowest BCUT2D eigenvalue weighted by molar-refractivity contribution is 0.266. The standard InChI is InChI=1S/C46H46O2Si2/c1-5-9-43(10-6-2)35-47-49-45-31-27-41(28-32-45)25-23-39-19-15-37(16-20-39)13-14-38-17-21-40(22-18-38)24-26-42-29-33-46(34-30-42)50-48-36-44(11-7-3)12-8-4/h5-8,15-22,27-34,43-44H,1-4,9-12,35-36,49-50H2. The molecule has 0 unspecified atom stereocenters. The summed E-state index contributed by atoms with van der Waals surface area (Å²) in [6.45, 7) is 16.9. The van der Waals surface area contributed by atoms with E-state index in [1.807, 2.05) is 72.8 Å². The summed E-state index contributed by atoms with van der Waals surface area (Å²) in [5, 5.41) is 2.55. The van der Waals surface area contributed by atoms with Crippen LogP contribution in [0.2, 0.25) is 0 Å². The summed E-state index contributed by atoms with van der Waals surface area (Å²) in [6.07, 6.45) is 11.6. The summed E-state index contributed by atoms with van der Waals surface area (Å²) < 4.78 is 12.1. The minimum atomic E-state index is -0.762. The molecule has 250 valence electrons. The third-order valence-corrected chi connectivity index (χ3v) is 10.5. The molecule has 4 aromatic rings. The molecule has 2 nitrogen and oxygen atoms in total. The number of rotatable bonds is 16. The van der Waals surface area contributed by atoms with Crippen LogP contribution in [0.4, 0.5) is 0 Å². The molecule has 0 atom stereocenters. The fourth-order valence-electron chi connectivity index (χ4n) is 5.17. The predicted molar refractivity (Wildman–Crippen MR) is 218 cm³/mol. The van der Waals surface area contributed by atoms with Crippen LogP contribution >= 0.6 is 0 Å². The van der Waals surface area contributed by atoms with Crippen molar-refractivity contribution in [2.45, 2.75) is 25.7 Å². The van der Waals surface area contributed by atoms with Gasteiger partial charge in [0.2, 0.25) is 0 Å². The highest BCUT2D eigenvalue weighted by molar-refractivity contribution is 6.47. The molecule has 4 heteroatoms. The van der Waals surface area contributed by atoms with Gasteiger partial charge in [0.1, 0.15) is 0 Å². The van der Waals surface area contributed by atoms with E-state index in [0.29, 0.717) is 11.8 Å². The van der Waals surface area contributed by atoms with Crippen molar-refractivity contribution < 1.29 is 8.85 Å². The second-order valence-corrected chi connectivity index (χ2v) is 15.2. The van der Waals surface area contributed by atoms with E-state index in [9.17, 15) is 0 Å². The fraction of sp³-hybridized carbons (Fsp3) is 0.174. The van der Waals surface area contributed by atoms with Crippen molar-refractivity contribution in [2.24, 2.45) is 11.8 Å². The third kappa shape index (κ3) is 13.8. The Bertz CT molecular complexity index is 1710. The molecule has 0 aliphatic heterocycles. The van der Waals surface area contributed by atoms with E-state index in [1.165, 1.54) is 10.4 Å². The maximum absolute atomic E-state index is 6.06. The maximum Gasteiger partial charge on any atom is 0.192 e. The highest BCUT2D eigenvalue weighted by atomic mass is 28.2. The highest BCUT2D eigenvalue weighted by Crippen LogP contribution is 2.11. The molecule has 0 aliphatic rings. The van der Waals surface area contributed by atoms with Gasteiger partial charge < -0.3 is 8.85 Å². The Balaban J connectivity index is 1.23. The Morgan fingerprint density at radius 1 is 0.400 bits per heavy atom. The second kappa shape index (κ2) is 21.8. The maximum atomic E-state index is 6.06. The summed E-state index contributed by atoms with van der Waals surface area (Å²) in [7, 11) is -1.52. The zero-order valence-corrected chi connectivity index (χ0v) is 31.8. The topological polar surface area (TPSA) is 18.5 Å². The van der Waals surface area contributed by atoms with Gasteiger partial charge >= 0.3 is 0 Å². The Labute approximate surface area is 304 Å². The zero-order chi connectivity index (χ0) is 35.2. The van der Waals surface area contributed by atoms with Crippen LogP contribution in [-0.2, 0) is 8.85 Å². The molecule has 0 heterocycles. The SMILES string of the molecule is C=CCC(CC=C)CO[SiH2]c1ccc(C#Cc2ccc(C#Cc3ccc(C#Cc4ccc([SiH2]OCC(CC=C)CC=C)cc4)cc3)cc2)cc1. The van der Waals surface area contributed by atoms with Crippen LogP contribution in [0.15, 0.2) is 148 Å². The molecular weight excluding hydrogens is 641 g/mol. The normalized spacial score (nSPS) is 10.7. The molecule has 0 amide bonds. The van der Waals surface area contributed by atoms with Gasteiger partial charge in [-0.3, -0.25) is 0 Å². The minimum absolute atomic E-state index is 0.468. The van der Waals surface area contributed by atoms with Gasteiger partial charge in [0.25, 0.3) is 0 Å². The molecule has 50 heavy (non-hydrogen) atoms. The van der Waals surface area contributed by atoms with Crippen molar-refractivity contribution in [3.63, 3.8) is 0 Å². The van der Waals surface area contributed by atoms with Crippen LogP contribution in [0, 0.1) is 47.4 Å². The van der Waals surface area contributed by atoms with E-state index >= 15 is 0 Å². The van der Waals surface area contributed by atoms with Crippen molar-refractivity contribution in [1.82, 2.24) is 0 Å². The summed E-state index contributed by atoms with van der Waals surface area (Å²) in [5.74, 6) is 20.5. The number of benzene rings is 4. The van der Waals surface area contributed by atoms with E-state index in [4.69, 9.17) is 8.85 Å². The lowest BCUT2D eigenvalue weighted by atomic mass is 10.0. The fourth-order valence-corrected chi connectivity index (χ4v) is 7.40. The molecule has 4 aromatic carbocycles. The van der Waals surface area contributed by atoms with Crippen molar-refractivity contribution in [2.75, 3.05) is 13.2 Å². The average molecular weight is 687 g/mol. The molecule has 0 saturated carbocycles. The molecule has 0 spiro atoms. The molecular formula is C46H46O2Si2. The van der Waals surface area contributed by atoms with Gasteiger partial charge in [-0.2, -0.15) is 0 Å². The van der Waals surface area contributed by atoms with Gasteiger partial charge in [-0.15, -0.1) is 26.3 Å². The quantitative estimate of drug-likeness (QED) is 0.0728. The Morgan fingerprint density at radius 2 is 0.620 bits per heavy atom. The molecule has 0 aromatic heterocycles. The smallest absolute Gasteiger partial charge is 0.192 e. The van der Waals surface area contributed by atoms with Gasteiger partial charge in [-0.25, -0.2) is 0 Å². The van der Waals surface area contributed by atoms with Crippen LogP contribution in [-0.4, -0.2) is 32.7 Å². The minimum Gasteiger partial charge on any atom is -0.418 e. The largest absolute Gasteiger partial charge is 0.418 e. The summed E-state index contributed by atoms with van der Waals surface area (Å²) in [5.41, 5.74) is 5.79. The van der Waals surface area contributed by atoms with E-state index in [2.05, 4.69) is 110 Å². The summed E-state index contributed by atoms with van der Waals surface area (Å²) >= 11 is 0. The van der Waals surface area contributed by atoms with Crippen LogP contribution in [0.5, 0.6) is 0 Å². The summed E-state index contributed by atoms with van der Waals surface area (Å²) in [6, 6.07) is 32.9.